The molecular formula is C15H21NO3S. The molecule has 4 nitrogen and oxygen atoms in total. The molecule has 1 aromatic rings. The quantitative estimate of drug-likeness (QED) is 0.920. The Hall–Kier alpha value is -1.36. The summed E-state index contributed by atoms with van der Waals surface area (Å²) in [7, 11) is -3.00. The summed E-state index contributed by atoms with van der Waals surface area (Å²) in [6.45, 7) is 5.85. The summed E-state index contributed by atoms with van der Waals surface area (Å²) < 4.78 is 23.0. The number of carbonyl (C=O) groups excluding carboxylic acids is 1. The second-order valence-corrected chi connectivity index (χ2v) is 8.23. The molecule has 0 radical (unpaired) electrons. The van der Waals surface area contributed by atoms with Crippen molar-refractivity contribution in [3.05, 3.63) is 34.9 Å². The van der Waals surface area contributed by atoms with Gasteiger partial charge in [-0.15, -0.1) is 0 Å². The smallest absolute Gasteiger partial charge is 0.224 e. The van der Waals surface area contributed by atoms with E-state index in [4.69, 9.17) is 0 Å². The molecule has 110 valence electrons. The second-order valence-electron chi connectivity index (χ2n) is 6.05. The fraction of sp³-hybridized carbons (Fsp3) is 0.533. The van der Waals surface area contributed by atoms with E-state index >= 15 is 0 Å². The first-order valence-corrected chi connectivity index (χ1v) is 8.59. The van der Waals surface area contributed by atoms with Gasteiger partial charge in [-0.25, -0.2) is 8.42 Å². The SMILES string of the molecule is Cc1ccc(CC(=O)NC2(C)CCS(=O)(=O)C2)cc1C. The van der Waals surface area contributed by atoms with Crippen molar-refractivity contribution in [1.29, 1.82) is 0 Å². The van der Waals surface area contributed by atoms with Crippen molar-refractivity contribution >= 4 is 15.7 Å². The fourth-order valence-corrected chi connectivity index (χ4v) is 4.68. The highest BCUT2D eigenvalue weighted by molar-refractivity contribution is 7.91. The van der Waals surface area contributed by atoms with Crippen molar-refractivity contribution in [2.45, 2.75) is 39.2 Å². The summed E-state index contributed by atoms with van der Waals surface area (Å²) in [5, 5.41) is 2.88. The van der Waals surface area contributed by atoms with E-state index in [0.717, 1.165) is 11.1 Å². The molecule has 1 fully saturated rings. The Kier molecular flexibility index (Phi) is 3.91. The van der Waals surface area contributed by atoms with Gasteiger partial charge in [0.1, 0.15) is 0 Å². The minimum absolute atomic E-state index is 0.0403. The first-order valence-electron chi connectivity index (χ1n) is 6.77. The van der Waals surface area contributed by atoms with E-state index in [2.05, 4.69) is 5.32 Å². The van der Waals surface area contributed by atoms with Gasteiger partial charge < -0.3 is 5.32 Å². The van der Waals surface area contributed by atoms with E-state index in [9.17, 15) is 13.2 Å². The Bertz CT molecular complexity index is 637. The molecule has 0 spiro atoms. The van der Waals surface area contributed by atoms with E-state index in [-0.39, 0.29) is 23.8 Å². The van der Waals surface area contributed by atoms with Crippen LogP contribution in [-0.4, -0.2) is 31.4 Å². The zero-order valence-electron chi connectivity index (χ0n) is 12.2. The van der Waals surface area contributed by atoms with E-state index in [0.29, 0.717) is 6.42 Å². The lowest BCUT2D eigenvalue weighted by atomic mass is 10.0. The third-order valence-corrected chi connectivity index (χ3v) is 5.78. The maximum atomic E-state index is 12.1. The molecule has 1 heterocycles. The number of rotatable bonds is 3. The highest BCUT2D eigenvalue weighted by Gasteiger charge is 2.39. The highest BCUT2D eigenvalue weighted by Crippen LogP contribution is 2.23. The molecule has 0 aliphatic carbocycles. The standard InChI is InChI=1S/C15H21NO3S/c1-11-4-5-13(8-12(11)2)9-14(17)16-15(3)6-7-20(18,19)10-15/h4-5,8H,6-7,9-10H2,1-3H3,(H,16,17). The Morgan fingerprint density at radius 3 is 2.55 bits per heavy atom. The van der Waals surface area contributed by atoms with Crippen LogP contribution in [0.3, 0.4) is 0 Å². The minimum atomic E-state index is -3.00. The van der Waals surface area contributed by atoms with Crippen LogP contribution in [-0.2, 0) is 21.1 Å². The van der Waals surface area contributed by atoms with Gasteiger partial charge in [0, 0.05) is 0 Å². The van der Waals surface area contributed by atoms with Crippen molar-refractivity contribution < 1.29 is 13.2 Å². The highest BCUT2D eigenvalue weighted by atomic mass is 32.2. The van der Waals surface area contributed by atoms with Crippen molar-refractivity contribution in [3.8, 4) is 0 Å². The van der Waals surface area contributed by atoms with Crippen LogP contribution in [0, 0.1) is 13.8 Å². The Labute approximate surface area is 120 Å². The lowest BCUT2D eigenvalue weighted by Crippen LogP contribution is -2.47. The van der Waals surface area contributed by atoms with Gasteiger partial charge in [0.05, 0.1) is 23.5 Å². The molecule has 20 heavy (non-hydrogen) atoms. The molecule has 1 atom stereocenters. The predicted octanol–water partition coefficient (Wildman–Crippen LogP) is 1.54. The zero-order valence-corrected chi connectivity index (χ0v) is 13.0. The molecule has 1 N–H and O–H groups in total. The average Bonchev–Trinajstić information content (AvgIpc) is 2.57. The van der Waals surface area contributed by atoms with E-state index in [1.165, 1.54) is 5.56 Å². The molecule has 1 saturated heterocycles. The summed E-state index contributed by atoms with van der Waals surface area (Å²) in [6, 6.07) is 5.94. The number of hydrogen-bond donors (Lipinski definition) is 1. The third-order valence-electron chi connectivity index (χ3n) is 3.88. The van der Waals surface area contributed by atoms with Gasteiger partial charge in [0.25, 0.3) is 0 Å². The van der Waals surface area contributed by atoms with E-state index in [1.54, 1.807) is 6.92 Å². The van der Waals surface area contributed by atoms with Crippen LogP contribution >= 0.6 is 0 Å². The van der Waals surface area contributed by atoms with Crippen LogP contribution in [0.15, 0.2) is 18.2 Å². The van der Waals surface area contributed by atoms with Crippen molar-refractivity contribution in [2.24, 2.45) is 0 Å². The summed E-state index contributed by atoms with van der Waals surface area (Å²) in [4.78, 5) is 12.1. The van der Waals surface area contributed by atoms with Gasteiger partial charge in [-0.2, -0.15) is 0 Å². The van der Waals surface area contributed by atoms with Gasteiger partial charge >= 0.3 is 0 Å². The van der Waals surface area contributed by atoms with Crippen LogP contribution in [0.1, 0.15) is 30.0 Å². The van der Waals surface area contributed by atoms with E-state index in [1.807, 2.05) is 32.0 Å². The van der Waals surface area contributed by atoms with Gasteiger partial charge in [0.15, 0.2) is 9.84 Å². The lowest BCUT2D eigenvalue weighted by Gasteiger charge is -2.24. The minimum Gasteiger partial charge on any atom is -0.350 e. The summed E-state index contributed by atoms with van der Waals surface area (Å²) in [5.74, 6) is 0.0828. The number of aryl methyl sites for hydroxylation is 2. The normalized spacial score (nSPS) is 24.6. The number of hydrogen-bond acceptors (Lipinski definition) is 3. The predicted molar refractivity (Wildman–Crippen MR) is 79.4 cm³/mol. The molecule has 0 aromatic heterocycles. The van der Waals surface area contributed by atoms with Crippen molar-refractivity contribution in [2.75, 3.05) is 11.5 Å². The molecule has 1 unspecified atom stereocenters. The summed E-state index contributed by atoms with van der Waals surface area (Å²) in [6.07, 6.45) is 0.782. The second kappa shape index (κ2) is 5.20. The van der Waals surface area contributed by atoms with Crippen molar-refractivity contribution in [3.63, 3.8) is 0 Å². The maximum Gasteiger partial charge on any atom is 0.224 e. The molecule has 1 aliphatic rings. The Morgan fingerprint density at radius 1 is 1.30 bits per heavy atom. The number of nitrogens with one attached hydrogen (secondary N) is 1. The number of carbonyl (C=O) groups is 1. The average molecular weight is 295 g/mol. The van der Waals surface area contributed by atoms with Gasteiger partial charge in [-0.3, -0.25) is 4.79 Å². The van der Waals surface area contributed by atoms with E-state index < -0.39 is 15.4 Å². The Morgan fingerprint density at radius 2 is 2.00 bits per heavy atom. The molecule has 0 saturated carbocycles. The topological polar surface area (TPSA) is 63.2 Å². The first-order chi connectivity index (χ1) is 9.19. The summed E-state index contributed by atoms with van der Waals surface area (Å²) in [5.41, 5.74) is 2.69. The Balaban J connectivity index is 2.01. The van der Waals surface area contributed by atoms with Crippen LogP contribution < -0.4 is 5.32 Å². The van der Waals surface area contributed by atoms with Crippen LogP contribution in [0.25, 0.3) is 0 Å². The molecule has 1 aliphatic heterocycles. The van der Waals surface area contributed by atoms with Crippen LogP contribution in [0.4, 0.5) is 0 Å². The van der Waals surface area contributed by atoms with Gasteiger partial charge in [0.2, 0.25) is 5.91 Å². The number of amides is 1. The van der Waals surface area contributed by atoms with Gasteiger partial charge in [-0.1, -0.05) is 18.2 Å². The molecule has 0 bridgehead atoms. The van der Waals surface area contributed by atoms with Crippen molar-refractivity contribution in [1.82, 2.24) is 5.32 Å². The first kappa shape index (κ1) is 15.0. The third kappa shape index (κ3) is 3.60. The van der Waals surface area contributed by atoms with Gasteiger partial charge in [-0.05, 0) is 43.9 Å². The largest absolute Gasteiger partial charge is 0.350 e. The molecule has 2 rings (SSSR count). The lowest BCUT2D eigenvalue weighted by molar-refractivity contribution is -0.121. The fourth-order valence-electron chi connectivity index (χ4n) is 2.59. The zero-order chi connectivity index (χ0) is 15.0. The number of sulfone groups is 1. The molecule has 5 heteroatoms. The van der Waals surface area contributed by atoms with Crippen LogP contribution in [0.5, 0.6) is 0 Å². The number of benzene rings is 1. The molecule has 1 amide bonds. The monoisotopic (exact) mass is 295 g/mol. The van der Waals surface area contributed by atoms with Crippen LogP contribution in [0.2, 0.25) is 0 Å². The maximum absolute atomic E-state index is 12.1. The summed E-state index contributed by atoms with van der Waals surface area (Å²) >= 11 is 0. The molecular weight excluding hydrogens is 274 g/mol. The molecule has 1 aromatic carbocycles.